The number of carbonyl (C=O) groups is 1. The van der Waals surface area contributed by atoms with Gasteiger partial charge < -0.3 is 4.90 Å². The lowest BCUT2D eigenvalue weighted by molar-refractivity contribution is 0.0980. The third kappa shape index (κ3) is 1.57. The van der Waals surface area contributed by atoms with E-state index in [1.807, 2.05) is 0 Å². The average Bonchev–Trinajstić information content (AvgIpc) is 2.97. The molecule has 1 amide bonds. The van der Waals surface area contributed by atoms with E-state index < -0.39 is 0 Å². The summed E-state index contributed by atoms with van der Waals surface area (Å²) < 4.78 is 13.2. The number of hydrogen-bond acceptors (Lipinski definition) is 3. The maximum atomic E-state index is 13.2. The Kier molecular flexibility index (Phi) is 2.14. The van der Waals surface area contributed by atoms with Gasteiger partial charge in [-0.05, 0) is 24.1 Å². The lowest BCUT2D eigenvalue weighted by Gasteiger charge is -2.15. The second kappa shape index (κ2) is 3.65. The molecule has 17 heavy (non-hydrogen) atoms. The third-order valence-electron chi connectivity index (χ3n) is 2.81. The summed E-state index contributed by atoms with van der Waals surface area (Å²) in [6.45, 7) is 0.540. The Morgan fingerprint density at radius 2 is 2.35 bits per heavy atom. The molecule has 3 rings (SSSR count). The van der Waals surface area contributed by atoms with Gasteiger partial charge in [0, 0.05) is 6.54 Å². The van der Waals surface area contributed by atoms with Gasteiger partial charge in [0.25, 0.3) is 5.91 Å². The topological polar surface area (TPSA) is 61.9 Å². The first-order chi connectivity index (χ1) is 8.25. The molecule has 0 saturated heterocycles. The van der Waals surface area contributed by atoms with Crippen LogP contribution in [0.4, 0.5) is 10.1 Å². The van der Waals surface area contributed by atoms with Crippen LogP contribution >= 0.6 is 0 Å². The normalized spacial score (nSPS) is 13.8. The van der Waals surface area contributed by atoms with Gasteiger partial charge in [-0.2, -0.15) is 5.10 Å². The van der Waals surface area contributed by atoms with Crippen molar-refractivity contribution in [3.05, 3.63) is 41.7 Å². The highest BCUT2D eigenvalue weighted by molar-refractivity contribution is 6.04. The van der Waals surface area contributed by atoms with Gasteiger partial charge in [-0.15, -0.1) is 0 Å². The van der Waals surface area contributed by atoms with Crippen molar-refractivity contribution < 1.29 is 9.18 Å². The maximum Gasteiger partial charge on any atom is 0.295 e. The van der Waals surface area contributed by atoms with Gasteiger partial charge in [0.05, 0.1) is 5.69 Å². The number of anilines is 1. The number of halogens is 1. The average molecular weight is 232 g/mol. The summed E-state index contributed by atoms with van der Waals surface area (Å²) in [4.78, 5) is 17.4. The number of aromatic nitrogens is 3. The fourth-order valence-corrected chi connectivity index (χ4v) is 2.00. The van der Waals surface area contributed by atoms with Crippen molar-refractivity contribution in [1.82, 2.24) is 15.2 Å². The molecule has 0 atom stereocenters. The quantitative estimate of drug-likeness (QED) is 0.802. The van der Waals surface area contributed by atoms with Gasteiger partial charge in [-0.25, -0.2) is 9.37 Å². The van der Waals surface area contributed by atoms with Crippen LogP contribution in [0.5, 0.6) is 0 Å². The van der Waals surface area contributed by atoms with E-state index >= 15 is 0 Å². The predicted octanol–water partition coefficient (Wildman–Crippen LogP) is 1.15. The van der Waals surface area contributed by atoms with E-state index in [1.165, 1.54) is 23.4 Å². The minimum atomic E-state index is -0.346. The molecule has 0 bridgehead atoms. The smallest absolute Gasteiger partial charge is 0.295 e. The van der Waals surface area contributed by atoms with Crippen LogP contribution in [0.1, 0.15) is 16.2 Å². The van der Waals surface area contributed by atoms with E-state index in [1.54, 1.807) is 6.07 Å². The van der Waals surface area contributed by atoms with Crippen LogP contribution in [0.15, 0.2) is 24.5 Å². The number of carbonyl (C=O) groups excluding carboxylic acids is 1. The molecule has 1 aromatic carbocycles. The fraction of sp³-hybridized carbons (Fsp3) is 0.182. The van der Waals surface area contributed by atoms with Crippen LogP contribution in [0.2, 0.25) is 0 Å². The van der Waals surface area contributed by atoms with E-state index in [2.05, 4.69) is 15.2 Å². The van der Waals surface area contributed by atoms with Crippen molar-refractivity contribution in [3.8, 4) is 0 Å². The fourth-order valence-electron chi connectivity index (χ4n) is 2.00. The largest absolute Gasteiger partial charge is 0.305 e. The summed E-state index contributed by atoms with van der Waals surface area (Å²) in [5, 5.41) is 6.14. The highest BCUT2D eigenvalue weighted by Crippen LogP contribution is 2.29. The Morgan fingerprint density at radius 3 is 3.12 bits per heavy atom. The van der Waals surface area contributed by atoms with E-state index in [-0.39, 0.29) is 17.5 Å². The standard InChI is InChI=1S/C11H9FN4O/c12-8-2-1-7-3-4-16(9(7)5-8)11(17)10-13-6-14-15-10/h1-2,5-6H,3-4H2,(H,13,14,15). The van der Waals surface area contributed by atoms with Crippen molar-refractivity contribution in [2.45, 2.75) is 6.42 Å². The zero-order chi connectivity index (χ0) is 11.8. The molecule has 86 valence electrons. The predicted molar refractivity (Wildman–Crippen MR) is 58.2 cm³/mol. The monoisotopic (exact) mass is 232 g/mol. The van der Waals surface area contributed by atoms with Crippen LogP contribution in [-0.4, -0.2) is 27.6 Å². The summed E-state index contributed by atoms with van der Waals surface area (Å²) in [5.74, 6) is -0.463. The lowest BCUT2D eigenvalue weighted by Crippen LogP contribution is -2.29. The Hall–Kier alpha value is -2.24. The number of nitrogens with zero attached hydrogens (tertiary/aromatic N) is 3. The first kappa shape index (κ1) is 9.95. The van der Waals surface area contributed by atoms with Crippen molar-refractivity contribution in [2.75, 3.05) is 11.4 Å². The van der Waals surface area contributed by atoms with Crippen LogP contribution in [0.25, 0.3) is 0 Å². The summed E-state index contributed by atoms with van der Waals surface area (Å²) in [5.41, 5.74) is 1.59. The number of amides is 1. The number of H-pyrrole nitrogens is 1. The summed E-state index contributed by atoms with van der Waals surface area (Å²) in [6.07, 6.45) is 2.01. The molecule has 2 aromatic rings. The summed E-state index contributed by atoms with van der Waals surface area (Å²) in [7, 11) is 0. The molecule has 0 radical (unpaired) electrons. The maximum absolute atomic E-state index is 13.2. The number of benzene rings is 1. The highest BCUT2D eigenvalue weighted by atomic mass is 19.1. The number of hydrogen-bond donors (Lipinski definition) is 1. The van der Waals surface area contributed by atoms with Gasteiger partial charge in [-0.3, -0.25) is 9.89 Å². The van der Waals surface area contributed by atoms with Crippen molar-refractivity contribution >= 4 is 11.6 Å². The molecule has 6 heteroatoms. The van der Waals surface area contributed by atoms with Crippen LogP contribution in [0.3, 0.4) is 0 Å². The van der Waals surface area contributed by atoms with Crippen LogP contribution in [-0.2, 0) is 6.42 Å². The molecule has 0 spiro atoms. The molecule has 1 aliphatic rings. The van der Waals surface area contributed by atoms with E-state index in [4.69, 9.17) is 0 Å². The van der Waals surface area contributed by atoms with Crippen LogP contribution in [0, 0.1) is 5.82 Å². The number of aromatic amines is 1. The molecular formula is C11H9FN4O. The van der Waals surface area contributed by atoms with Gasteiger partial charge in [0.1, 0.15) is 12.1 Å². The van der Waals surface area contributed by atoms with Crippen molar-refractivity contribution in [1.29, 1.82) is 0 Å². The Morgan fingerprint density at radius 1 is 1.47 bits per heavy atom. The van der Waals surface area contributed by atoms with E-state index in [9.17, 15) is 9.18 Å². The molecular weight excluding hydrogens is 223 g/mol. The van der Waals surface area contributed by atoms with Gasteiger partial charge in [0.2, 0.25) is 5.82 Å². The molecule has 0 unspecified atom stereocenters. The molecule has 0 aliphatic carbocycles. The summed E-state index contributed by atoms with van der Waals surface area (Å²) >= 11 is 0. The second-order valence-electron chi connectivity index (χ2n) is 3.81. The molecule has 1 aliphatic heterocycles. The Labute approximate surface area is 96.3 Å². The molecule has 0 saturated carbocycles. The van der Waals surface area contributed by atoms with Gasteiger partial charge >= 0.3 is 0 Å². The lowest BCUT2D eigenvalue weighted by atomic mass is 10.2. The highest BCUT2D eigenvalue weighted by Gasteiger charge is 2.27. The molecule has 1 N–H and O–H groups in total. The number of rotatable bonds is 1. The first-order valence-corrected chi connectivity index (χ1v) is 5.21. The van der Waals surface area contributed by atoms with E-state index in [0.29, 0.717) is 12.2 Å². The third-order valence-corrected chi connectivity index (χ3v) is 2.81. The zero-order valence-electron chi connectivity index (χ0n) is 8.85. The summed E-state index contributed by atoms with van der Waals surface area (Å²) in [6, 6.07) is 4.48. The Balaban J connectivity index is 1.98. The van der Waals surface area contributed by atoms with Crippen LogP contribution < -0.4 is 4.90 Å². The molecule has 0 fully saturated rings. The Bertz CT molecular complexity index is 567. The first-order valence-electron chi connectivity index (χ1n) is 5.21. The molecule has 5 nitrogen and oxygen atoms in total. The van der Waals surface area contributed by atoms with E-state index in [0.717, 1.165) is 12.0 Å². The minimum Gasteiger partial charge on any atom is -0.305 e. The number of nitrogens with one attached hydrogen (secondary N) is 1. The van der Waals surface area contributed by atoms with Crippen molar-refractivity contribution in [3.63, 3.8) is 0 Å². The van der Waals surface area contributed by atoms with Gasteiger partial charge in [0.15, 0.2) is 0 Å². The number of fused-ring (bicyclic) bond motifs is 1. The second-order valence-corrected chi connectivity index (χ2v) is 3.81. The SMILES string of the molecule is O=C(c1ncn[nH]1)N1CCc2ccc(F)cc21. The van der Waals surface area contributed by atoms with Gasteiger partial charge in [-0.1, -0.05) is 6.07 Å². The molecule has 2 heterocycles. The minimum absolute atomic E-state index is 0.169. The van der Waals surface area contributed by atoms with Crippen molar-refractivity contribution in [2.24, 2.45) is 0 Å². The zero-order valence-corrected chi connectivity index (χ0v) is 8.85. The molecule has 1 aromatic heterocycles.